The summed E-state index contributed by atoms with van der Waals surface area (Å²) in [5.41, 5.74) is 0.192. The Morgan fingerprint density at radius 3 is 2.40 bits per heavy atom. The van der Waals surface area contributed by atoms with Gasteiger partial charge in [0.05, 0.1) is 22.3 Å². The number of fused-ring (bicyclic) bond motifs is 1. The van der Waals surface area contributed by atoms with Crippen molar-refractivity contribution in [2.45, 2.75) is 6.10 Å². The number of hydrogen-bond donors (Lipinski definition) is 2. The molecule has 2 aromatic rings. The standard InChI is InChI=1S/C17H14Cl2N2O4/c18-11-4-3-5-12(19)15(11)21-17(23)16(22)20-8-10-9-24-13-6-1-2-7-14(13)25-10/h1-7,10H,8-9H2,(H,20,22)(H,21,23). The second-order valence-electron chi connectivity index (χ2n) is 5.26. The SMILES string of the molecule is O=C(NCC1COc2ccccc2O1)C(=O)Nc1c(Cl)cccc1Cl. The molecule has 2 N–H and O–H groups in total. The molecule has 0 spiro atoms. The van der Waals surface area contributed by atoms with E-state index in [4.69, 9.17) is 32.7 Å². The molecular formula is C17H14Cl2N2O4. The van der Waals surface area contributed by atoms with Gasteiger partial charge in [-0.3, -0.25) is 9.59 Å². The van der Waals surface area contributed by atoms with Crippen LogP contribution >= 0.6 is 23.2 Å². The van der Waals surface area contributed by atoms with Crippen molar-refractivity contribution in [3.63, 3.8) is 0 Å². The van der Waals surface area contributed by atoms with Gasteiger partial charge in [-0.05, 0) is 24.3 Å². The predicted molar refractivity (Wildman–Crippen MR) is 94.5 cm³/mol. The number of amides is 2. The number of halogens is 2. The topological polar surface area (TPSA) is 76.7 Å². The van der Waals surface area contributed by atoms with E-state index in [0.29, 0.717) is 11.5 Å². The van der Waals surface area contributed by atoms with E-state index in [2.05, 4.69) is 10.6 Å². The lowest BCUT2D eigenvalue weighted by molar-refractivity contribution is -0.136. The van der Waals surface area contributed by atoms with Gasteiger partial charge in [0.2, 0.25) is 0 Å². The van der Waals surface area contributed by atoms with E-state index in [9.17, 15) is 9.59 Å². The first kappa shape index (κ1) is 17.4. The first-order valence-electron chi connectivity index (χ1n) is 7.46. The minimum Gasteiger partial charge on any atom is -0.486 e. The van der Waals surface area contributed by atoms with E-state index in [0.717, 1.165) is 0 Å². The Balaban J connectivity index is 1.54. The van der Waals surface area contributed by atoms with Crippen molar-refractivity contribution in [2.24, 2.45) is 0 Å². The van der Waals surface area contributed by atoms with E-state index < -0.39 is 17.9 Å². The molecular weight excluding hydrogens is 367 g/mol. The van der Waals surface area contributed by atoms with Crippen molar-refractivity contribution in [3.8, 4) is 11.5 Å². The Morgan fingerprint density at radius 1 is 1.00 bits per heavy atom. The van der Waals surface area contributed by atoms with Crippen molar-refractivity contribution in [1.82, 2.24) is 5.32 Å². The zero-order valence-corrected chi connectivity index (χ0v) is 14.4. The fourth-order valence-corrected chi connectivity index (χ4v) is 2.73. The Morgan fingerprint density at radius 2 is 1.68 bits per heavy atom. The summed E-state index contributed by atoms with van der Waals surface area (Å²) in [6.07, 6.45) is -0.393. The first-order valence-corrected chi connectivity index (χ1v) is 8.22. The lowest BCUT2D eigenvalue weighted by Gasteiger charge is -2.26. The number of carbonyl (C=O) groups is 2. The molecule has 8 heteroatoms. The highest BCUT2D eigenvalue weighted by atomic mass is 35.5. The van der Waals surface area contributed by atoms with Gasteiger partial charge in [0.15, 0.2) is 11.5 Å². The molecule has 0 radical (unpaired) electrons. The normalized spacial score (nSPS) is 15.4. The van der Waals surface area contributed by atoms with Gasteiger partial charge < -0.3 is 20.1 Å². The Hall–Kier alpha value is -2.44. The van der Waals surface area contributed by atoms with Crippen LogP contribution in [0.3, 0.4) is 0 Å². The summed E-state index contributed by atoms with van der Waals surface area (Å²) < 4.78 is 11.2. The lowest BCUT2D eigenvalue weighted by atomic mass is 10.2. The molecule has 1 aliphatic heterocycles. The number of benzene rings is 2. The summed E-state index contributed by atoms with van der Waals surface area (Å²) >= 11 is 11.9. The number of hydrogen-bond acceptors (Lipinski definition) is 4. The van der Waals surface area contributed by atoms with Crippen LogP contribution in [-0.4, -0.2) is 31.1 Å². The van der Waals surface area contributed by atoms with Gasteiger partial charge in [-0.25, -0.2) is 0 Å². The molecule has 0 fully saturated rings. The Kier molecular flexibility index (Phi) is 5.31. The van der Waals surface area contributed by atoms with Gasteiger partial charge in [0.1, 0.15) is 12.7 Å². The van der Waals surface area contributed by atoms with Crippen molar-refractivity contribution < 1.29 is 19.1 Å². The van der Waals surface area contributed by atoms with Crippen LogP contribution in [0.15, 0.2) is 42.5 Å². The number of nitrogens with one attached hydrogen (secondary N) is 2. The number of rotatable bonds is 3. The third-order valence-electron chi connectivity index (χ3n) is 3.47. The van der Waals surface area contributed by atoms with E-state index in [1.165, 1.54) is 0 Å². The highest BCUT2D eigenvalue weighted by molar-refractivity contribution is 6.44. The molecule has 0 aromatic heterocycles. The molecule has 0 aliphatic carbocycles. The summed E-state index contributed by atoms with van der Waals surface area (Å²) in [5, 5.41) is 5.38. The maximum absolute atomic E-state index is 12.0. The van der Waals surface area contributed by atoms with E-state index in [1.54, 1.807) is 30.3 Å². The average Bonchev–Trinajstić information content (AvgIpc) is 2.62. The molecule has 6 nitrogen and oxygen atoms in total. The summed E-state index contributed by atoms with van der Waals surface area (Å²) in [6.45, 7) is 0.395. The van der Waals surface area contributed by atoms with Crippen molar-refractivity contribution in [1.29, 1.82) is 0 Å². The molecule has 0 saturated heterocycles. The van der Waals surface area contributed by atoms with Crippen LogP contribution in [-0.2, 0) is 9.59 Å². The molecule has 1 unspecified atom stereocenters. The monoisotopic (exact) mass is 380 g/mol. The molecule has 0 bridgehead atoms. The van der Waals surface area contributed by atoms with Crippen LogP contribution in [0.1, 0.15) is 0 Å². The summed E-state index contributed by atoms with van der Waals surface area (Å²) in [6, 6.07) is 12.0. The maximum Gasteiger partial charge on any atom is 0.313 e. The van der Waals surface area contributed by atoms with Crippen LogP contribution < -0.4 is 20.1 Å². The zero-order chi connectivity index (χ0) is 17.8. The number of carbonyl (C=O) groups excluding carboxylic acids is 2. The van der Waals surface area contributed by atoms with Gasteiger partial charge in [-0.2, -0.15) is 0 Å². The average molecular weight is 381 g/mol. The van der Waals surface area contributed by atoms with Crippen LogP contribution in [0.4, 0.5) is 5.69 Å². The quantitative estimate of drug-likeness (QED) is 0.802. The summed E-state index contributed by atoms with van der Waals surface area (Å²) in [5.74, 6) is -0.443. The van der Waals surface area contributed by atoms with Crippen LogP contribution in [0, 0.1) is 0 Å². The van der Waals surface area contributed by atoms with Gasteiger partial charge in [-0.15, -0.1) is 0 Å². The van der Waals surface area contributed by atoms with Crippen molar-refractivity contribution in [2.75, 3.05) is 18.5 Å². The second kappa shape index (κ2) is 7.63. The molecule has 130 valence electrons. The zero-order valence-electron chi connectivity index (χ0n) is 12.9. The van der Waals surface area contributed by atoms with Crippen LogP contribution in [0.25, 0.3) is 0 Å². The molecule has 1 atom stereocenters. The van der Waals surface area contributed by atoms with Gasteiger partial charge >= 0.3 is 11.8 Å². The third-order valence-corrected chi connectivity index (χ3v) is 4.10. The van der Waals surface area contributed by atoms with Crippen LogP contribution in [0.2, 0.25) is 10.0 Å². The minimum absolute atomic E-state index is 0.122. The maximum atomic E-state index is 12.0. The number of ether oxygens (including phenoxy) is 2. The van der Waals surface area contributed by atoms with Crippen molar-refractivity contribution >= 4 is 40.7 Å². The van der Waals surface area contributed by atoms with Crippen molar-refractivity contribution in [3.05, 3.63) is 52.5 Å². The van der Waals surface area contributed by atoms with E-state index in [1.807, 2.05) is 12.1 Å². The van der Waals surface area contributed by atoms with Gasteiger partial charge in [0.25, 0.3) is 0 Å². The number of para-hydroxylation sites is 3. The van der Waals surface area contributed by atoms with E-state index >= 15 is 0 Å². The molecule has 2 amide bonds. The summed E-state index contributed by atoms with van der Waals surface area (Å²) in [4.78, 5) is 23.9. The fraction of sp³-hybridized carbons (Fsp3) is 0.176. The summed E-state index contributed by atoms with van der Waals surface area (Å²) in [7, 11) is 0. The third kappa shape index (κ3) is 4.15. The highest BCUT2D eigenvalue weighted by Gasteiger charge is 2.23. The van der Waals surface area contributed by atoms with E-state index in [-0.39, 0.29) is 28.9 Å². The lowest BCUT2D eigenvalue weighted by Crippen LogP contribution is -2.44. The molecule has 1 aliphatic rings. The minimum atomic E-state index is -0.868. The predicted octanol–water partition coefficient (Wildman–Crippen LogP) is 2.89. The van der Waals surface area contributed by atoms with Gasteiger partial charge in [-0.1, -0.05) is 41.4 Å². The van der Waals surface area contributed by atoms with Crippen LogP contribution in [0.5, 0.6) is 11.5 Å². The molecule has 3 rings (SSSR count). The number of anilines is 1. The Bertz CT molecular complexity index is 793. The largest absolute Gasteiger partial charge is 0.486 e. The molecule has 1 heterocycles. The Labute approximate surface area is 154 Å². The smallest absolute Gasteiger partial charge is 0.313 e. The first-order chi connectivity index (χ1) is 12.0. The molecule has 25 heavy (non-hydrogen) atoms. The fourth-order valence-electron chi connectivity index (χ4n) is 2.24. The molecule has 2 aromatic carbocycles. The second-order valence-corrected chi connectivity index (χ2v) is 6.07. The molecule has 0 saturated carbocycles. The van der Waals surface area contributed by atoms with Gasteiger partial charge in [0, 0.05) is 0 Å². The highest BCUT2D eigenvalue weighted by Crippen LogP contribution is 2.31.